The molecule has 0 unspecified atom stereocenters. The van der Waals surface area contributed by atoms with Crippen molar-refractivity contribution in [1.29, 1.82) is 0 Å². The molecule has 5 rings (SSSR count). The molecule has 2 heterocycles. The molecule has 176 valence electrons. The number of piperidine rings is 1. The lowest BCUT2D eigenvalue weighted by Crippen LogP contribution is -2.56. The normalized spacial score (nSPS) is 26.8. The Morgan fingerprint density at radius 1 is 1.12 bits per heavy atom. The topological polar surface area (TPSA) is 80.3 Å². The van der Waals surface area contributed by atoms with Crippen molar-refractivity contribution in [1.82, 2.24) is 4.90 Å². The average molecular weight is 453 g/mol. The van der Waals surface area contributed by atoms with Crippen molar-refractivity contribution in [2.45, 2.75) is 43.7 Å². The zero-order chi connectivity index (χ0) is 22.8. The maximum Gasteiger partial charge on any atom is 0.238 e. The first kappa shape index (κ1) is 22.0. The van der Waals surface area contributed by atoms with E-state index in [2.05, 4.69) is 22.3 Å². The lowest BCUT2D eigenvalue weighted by Gasteiger charge is -2.52. The third-order valence-corrected chi connectivity index (χ3v) is 7.30. The molecule has 3 aliphatic rings. The van der Waals surface area contributed by atoms with Crippen molar-refractivity contribution in [2.24, 2.45) is 5.92 Å². The van der Waals surface area contributed by atoms with Gasteiger partial charge in [0.2, 0.25) is 5.91 Å². The second kappa shape index (κ2) is 9.23. The number of aliphatic hydroxyl groups is 1. The van der Waals surface area contributed by atoms with Gasteiger partial charge in [-0.05, 0) is 49.1 Å². The summed E-state index contributed by atoms with van der Waals surface area (Å²) in [6, 6.07) is 13.5. The number of methoxy groups -OCH3 is 1. The van der Waals surface area contributed by atoms with E-state index in [0.29, 0.717) is 43.4 Å². The highest BCUT2D eigenvalue weighted by Gasteiger charge is 2.49. The van der Waals surface area contributed by atoms with Gasteiger partial charge in [-0.2, -0.15) is 0 Å². The maximum atomic E-state index is 13.1. The quantitative estimate of drug-likeness (QED) is 0.719. The Hall–Kier alpha value is -2.77. The fourth-order valence-corrected chi connectivity index (χ4v) is 5.67. The Bertz CT molecular complexity index is 995. The summed E-state index contributed by atoms with van der Waals surface area (Å²) in [6.45, 7) is 1.98. The van der Waals surface area contributed by atoms with Crippen LogP contribution in [0.3, 0.4) is 0 Å². The largest absolute Gasteiger partial charge is 0.497 e. The van der Waals surface area contributed by atoms with E-state index in [1.54, 1.807) is 7.11 Å². The van der Waals surface area contributed by atoms with Crippen molar-refractivity contribution in [2.75, 3.05) is 38.7 Å². The summed E-state index contributed by atoms with van der Waals surface area (Å²) in [6.07, 6.45) is 4.67. The molecule has 2 aromatic rings. The first-order valence-corrected chi connectivity index (χ1v) is 11.9. The molecule has 2 aliphatic heterocycles. The van der Waals surface area contributed by atoms with Gasteiger partial charge in [-0.1, -0.05) is 25.0 Å². The Morgan fingerprint density at radius 3 is 2.70 bits per heavy atom. The molecule has 0 bridgehead atoms. The molecule has 1 aliphatic carbocycles. The number of anilines is 1. The first-order chi connectivity index (χ1) is 16.1. The van der Waals surface area contributed by atoms with Crippen LogP contribution in [-0.2, 0) is 4.79 Å². The molecule has 1 amide bonds. The second-order valence-corrected chi connectivity index (χ2v) is 9.30. The lowest BCUT2D eigenvalue weighted by atomic mass is 9.66. The average Bonchev–Trinajstić information content (AvgIpc) is 2.84. The molecule has 2 fully saturated rings. The highest BCUT2D eigenvalue weighted by atomic mass is 16.6. The van der Waals surface area contributed by atoms with E-state index in [1.165, 1.54) is 0 Å². The highest BCUT2D eigenvalue weighted by molar-refractivity contribution is 5.92. The van der Waals surface area contributed by atoms with Gasteiger partial charge in [0, 0.05) is 30.3 Å². The number of likely N-dealkylation sites (tertiary alicyclic amines) is 1. The van der Waals surface area contributed by atoms with Crippen LogP contribution in [0.4, 0.5) is 5.69 Å². The third-order valence-electron chi connectivity index (χ3n) is 7.30. The standard InChI is InChI=1S/C26H32N2O5/c1-31-20-8-5-18(6-9-20)25-21-4-2-3-11-26(21,30)12-13-28(25)17-24(29)27-19-7-10-22-23(16-19)33-15-14-32-22/h5-10,16,21,25,30H,2-4,11-15,17H2,1H3,(H,27,29)/t21-,25-,26-/m1/s1. The number of carbonyl (C=O) groups is 1. The molecule has 0 spiro atoms. The van der Waals surface area contributed by atoms with Gasteiger partial charge in [0.1, 0.15) is 19.0 Å². The summed E-state index contributed by atoms with van der Waals surface area (Å²) in [7, 11) is 1.66. The summed E-state index contributed by atoms with van der Waals surface area (Å²) in [5.41, 5.74) is 1.15. The number of rotatable bonds is 5. The minimum Gasteiger partial charge on any atom is -0.497 e. The van der Waals surface area contributed by atoms with Crippen molar-refractivity contribution in [3.63, 3.8) is 0 Å². The van der Waals surface area contributed by atoms with E-state index >= 15 is 0 Å². The summed E-state index contributed by atoms with van der Waals surface area (Å²) in [5, 5.41) is 14.5. The number of amides is 1. The predicted molar refractivity (Wildman–Crippen MR) is 125 cm³/mol. The van der Waals surface area contributed by atoms with E-state index in [1.807, 2.05) is 30.3 Å². The van der Waals surface area contributed by atoms with Crippen LogP contribution in [0.2, 0.25) is 0 Å². The molecule has 7 nitrogen and oxygen atoms in total. The van der Waals surface area contributed by atoms with Crippen molar-refractivity contribution in [3.8, 4) is 17.2 Å². The fourth-order valence-electron chi connectivity index (χ4n) is 5.67. The third kappa shape index (κ3) is 4.52. The smallest absolute Gasteiger partial charge is 0.238 e. The van der Waals surface area contributed by atoms with Gasteiger partial charge in [0.25, 0.3) is 0 Å². The van der Waals surface area contributed by atoms with Crippen LogP contribution in [0.25, 0.3) is 0 Å². The van der Waals surface area contributed by atoms with E-state index < -0.39 is 5.60 Å². The van der Waals surface area contributed by atoms with Crippen molar-refractivity contribution >= 4 is 11.6 Å². The van der Waals surface area contributed by atoms with E-state index in [9.17, 15) is 9.90 Å². The highest BCUT2D eigenvalue weighted by Crippen LogP contribution is 2.49. The minimum atomic E-state index is -0.661. The van der Waals surface area contributed by atoms with Gasteiger partial charge in [-0.25, -0.2) is 0 Å². The van der Waals surface area contributed by atoms with Gasteiger partial charge in [0.15, 0.2) is 11.5 Å². The molecule has 3 atom stereocenters. The van der Waals surface area contributed by atoms with Gasteiger partial charge in [-0.3, -0.25) is 9.69 Å². The van der Waals surface area contributed by atoms with Crippen molar-refractivity contribution < 1.29 is 24.1 Å². The first-order valence-electron chi connectivity index (χ1n) is 11.9. The second-order valence-electron chi connectivity index (χ2n) is 9.30. The monoisotopic (exact) mass is 452 g/mol. The zero-order valence-corrected chi connectivity index (χ0v) is 19.1. The fraction of sp³-hybridized carbons (Fsp3) is 0.500. The number of nitrogens with zero attached hydrogens (tertiary/aromatic N) is 1. The van der Waals surface area contributed by atoms with Gasteiger partial charge in [-0.15, -0.1) is 0 Å². The van der Waals surface area contributed by atoms with Gasteiger partial charge < -0.3 is 24.6 Å². The van der Waals surface area contributed by atoms with Crippen LogP contribution in [-0.4, -0.2) is 54.9 Å². The zero-order valence-electron chi connectivity index (χ0n) is 19.1. The van der Waals surface area contributed by atoms with Crippen LogP contribution in [0.15, 0.2) is 42.5 Å². The molecule has 2 aromatic carbocycles. The Morgan fingerprint density at radius 2 is 1.91 bits per heavy atom. The van der Waals surface area contributed by atoms with Crippen LogP contribution >= 0.6 is 0 Å². The SMILES string of the molecule is COc1ccc([C@@H]2[C@H]3CCCC[C@@]3(O)CCN2CC(=O)Nc2ccc3c(c2)OCCO3)cc1. The van der Waals surface area contributed by atoms with Crippen LogP contribution in [0.5, 0.6) is 17.2 Å². The number of hydrogen-bond donors (Lipinski definition) is 2. The Balaban J connectivity index is 1.35. The molecule has 0 aromatic heterocycles. The molecule has 7 heteroatoms. The van der Waals surface area contributed by atoms with Crippen LogP contribution in [0, 0.1) is 5.92 Å². The number of hydrogen-bond acceptors (Lipinski definition) is 6. The van der Waals surface area contributed by atoms with Crippen LogP contribution < -0.4 is 19.5 Å². The summed E-state index contributed by atoms with van der Waals surface area (Å²) in [4.78, 5) is 15.3. The Kier molecular flexibility index (Phi) is 6.17. The van der Waals surface area contributed by atoms with E-state index in [0.717, 1.165) is 37.0 Å². The lowest BCUT2D eigenvalue weighted by molar-refractivity contribution is -0.135. The predicted octanol–water partition coefficient (Wildman–Crippen LogP) is 3.77. The van der Waals surface area contributed by atoms with E-state index in [-0.39, 0.29) is 24.4 Å². The van der Waals surface area contributed by atoms with Gasteiger partial charge in [0.05, 0.1) is 19.3 Å². The number of ether oxygens (including phenoxy) is 3. The maximum absolute atomic E-state index is 13.1. The minimum absolute atomic E-state index is 0.0130. The number of fused-ring (bicyclic) bond motifs is 2. The number of benzene rings is 2. The molecule has 33 heavy (non-hydrogen) atoms. The molecular formula is C26H32N2O5. The molecule has 2 N–H and O–H groups in total. The molecule has 1 saturated heterocycles. The van der Waals surface area contributed by atoms with Crippen LogP contribution in [0.1, 0.15) is 43.7 Å². The molecular weight excluding hydrogens is 420 g/mol. The van der Waals surface area contributed by atoms with E-state index in [4.69, 9.17) is 14.2 Å². The Labute approximate surface area is 194 Å². The summed E-state index contributed by atoms with van der Waals surface area (Å²) < 4.78 is 16.5. The van der Waals surface area contributed by atoms with Gasteiger partial charge >= 0.3 is 0 Å². The summed E-state index contributed by atoms with van der Waals surface area (Å²) in [5.74, 6) is 2.19. The summed E-state index contributed by atoms with van der Waals surface area (Å²) >= 11 is 0. The van der Waals surface area contributed by atoms with Crippen molar-refractivity contribution in [3.05, 3.63) is 48.0 Å². The number of nitrogens with one attached hydrogen (secondary N) is 1. The number of carbonyl (C=O) groups excluding carboxylic acids is 1. The molecule has 1 saturated carbocycles. The molecule has 0 radical (unpaired) electrons.